The number of carbonyl (C=O) groups is 1. The van der Waals surface area contributed by atoms with Crippen LogP contribution in [0.3, 0.4) is 0 Å². The number of carboxylic acids is 1. The summed E-state index contributed by atoms with van der Waals surface area (Å²) >= 11 is 0.921. The molecule has 0 saturated carbocycles. The van der Waals surface area contributed by atoms with Crippen molar-refractivity contribution in [3.63, 3.8) is 0 Å². The molecule has 0 aliphatic rings. The minimum absolute atomic E-state index is 0.0417. The summed E-state index contributed by atoms with van der Waals surface area (Å²) in [5.41, 5.74) is 1.76. The predicted octanol–water partition coefficient (Wildman–Crippen LogP) is 4.52. The van der Waals surface area contributed by atoms with Crippen molar-refractivity contribution >= 4 is 22.9 Å². The van der Waals surface area contributed by atoms with Crippen molar-refractivity contribution in [2.75, 3.05) is 7.11 Å². The molecule has 1 aromatic heterocycles. The quantitative estimate of drug-likeness (QED) is 0.546. The van der Waals surface area contributed by atoms with Gasteiger partial charge in [0.05, 0.1) is 24.7 Å². The summed E-state index contributed by atoms with van der Waals surface area (Å²) in [4.78, 5) is 15.9. The zero-order chi connectivity index (χ0) is 20.2. The lowest BCUT2D eigenvalue weighted by Crippen LogP contribution is -2.11. The zero-order valence-electron chi connectivity index (χ0n) is 14.9. The standard InChI is InChI=1S/C18H18F3NO4S/c1-10-4-5-12(13(6-10)14(9-25-3)17(23)24)8-26-16-11(2)27-15(22-16)7-18(19,20)21/h4-6,9H,7-8H2,1-3H3,(H,23,24). The van der Waals surface area contributed by atoms with Crippen LogP contribution in [0.15, 0.2) is 24.5 Å². The third-order valence-corrected chi connectivity index (χ3v) is 4.49. The average molecular weight is 401 g/mol. The average Bonchev–Trinajstić information content (AvgIpc) is 2.88. The monoisotopic (exact) mass is 401 g/mol. The molecular weight excluding hydrogens is 383 g/mol. The van der Waals surface area contributed by atoms with Crippen LogP contribution in [0.25, 0.3) is 5.57 Å². The summed E-state index contributed by atoms with van der Waals surface area (Å²) in [6, 6.07) is 5.17. The normalized spacial score (nSPS) is 12.1. The lowest BCUT2D eigenvalue weighted by Gasteiger charge is -2.12. The van der Waals surface area contributed by atoms with Gasteiger partial charge in [0.2, 0.25) is 5.88 Å². The highest BCUT2D eigenvalue weighted by atomic mass is 32.1. The van der Waals surface area contributed by atoms with Gasteiger partial charge < -0.3 is 14.6 Å². The van der Waals surface area contributed by atoms with Gasteiger partial charge in [0.1, 0.15) is 17.2 Å². The Balaban J connectivity index is 2.26. The van der Waals surface area contributed by atoms with Gasteiger partial charge in [-0.25, -0.2) is 9.78 Å². The number of benzene rings is 1. The molecule has 0 saturated heterocycles. The molecule has 0 spiro atoms. The van der Waals surface area contributed by atoms with Crippen molar-refractivity contribution in [1.29, 1.82) is 0 Å². The first-order valence-corrected chi connectivity index (χ1v) is 8.64. The van der Waals surface area contributed by atoms with Crippen molar-refractivity contribution in [1.82, 2.24) is 4.98 Å². The van der Waals surface area contributed by atoms with E-state index in [0.29, 0.717) is 16.0 Å². The molecule has 9 heteroatoms. The van der Waals surface area contributed by atoms with E-state index < -0.39 is 18.6 Å². The number of carboxylic acid groups (broad SMARTS) is 1. The molecule has 0 atom stereocenters. The Labute approximate surface area is 158 Å². The first kappa shape index (κ1) is 20.8. The first-order chi connectivity index (χ1) is 12.6. The van der Waals surface area contributed by atoms with E-state index in [0.717, 1.165) is 23.2 Å². The summed E-state index contributed by atoms with van der Waals surface area (Å²) in [7, 11) is 1.34. The predicted molar refractivity (Wildman–Crippen MR) is 94.7 cm³/mol. The molecule has 27 heavy (non-hydrogen) atoms. The maximum absolute atomic E-state index is 12.5. The Morgan fingerprint density at radius 1 is 1.33 bits per heavy atom. The van der Waals surface area contributed by atoms with E-state index in [9.17, 15) is 23.1 Å². The molecule has 2 rings (SSSR count). The highest BCUT2D eigenvalue weighted by molar-refractivity contribution is 7.11. The number of aliphatic carboxylic acids is 1. The number of aryl methyl sites for hydroxylation is 2. The Morgan fingerprint density at radius 2 is 2.04 bits per heavy atom. The van der Waals surface area contributed by atoms with Crippen LogP contribution in [0, 0.1) is 13.8 Å². The van der Waals surface area contributed by atoms with Gasteiger partial charge in [-0.1, -0.05) is 23.8 Å². The third-order valence-electron chi connectivity index (χ3n) is 3.54. The van der Waals surface area contributed by atoms with Gasteiger partial charge in [0.25, 0.3) is 0 Å². The molecule has 5 nitrogen and oxygen atoms in total. The Morgan fingerprint density at radius 3 is 2.63 bits per heavy atom. The molecule has 0 aliphatic heterocycles. The van der Waals surface area contributed by atoms with Crippen LogP contribution in [-0.4, -0.2) is 29.3 Å². The highest BCUT2D eigenvalue weighted by Crippen LogP contribution is 2.30. The van der Waals surface area contributed by atoms with Crippen LogP contribution in [0.4, 0.5) is 13.2 Å². The highest BCUT2D eigenvalue weighted by Gasteiger charge is 2.30. The topological polar surface area (TPSA) is 68.7 Å². The fourth-order valence-electron chi connectivity index (χ4n) is 2.38. The van der Waals surface area contributed by atoms with E-state index in [1.165, 1.54) is 7.11 Å². The number of ether oxygens (including phenoxy) is 2. The molecule has 2 aromatic rings. The van der Waals surface area contributed by atoms with E-state index in [-0.39, 0.29) is 23.1 Å². The Bertz CT molecular complexity index is 859. The van der Waals surface area contributed by atoms with E-state index in [2.05, 4.69) is 4.98 Å². The maximum atomic E-state index is 12.5. The lowest BCUT2D eigenvalue weighted by molar-refractivity contribution is -0.130. The molecule has 0 bridgehead atoms. The fourth-order valence-corrected chi connectivity index (χ4v) is 3.29. The summed E-state index contributed by atoms with van der Waals surface area (Å²) in [6.45, 7) is 3.39. The second-order valence-corrected chi connectivity index (χ2v) is 7.07. The number of aromatic nitrogens is 1. The van der Waals surface area contributed by atoms with Gasteiger partial charge in [0, 0.05) is 0 Å². The Kier molecular flexibility index (Phi) is 6.48. The van der Waals surface area contributed by atoms with Crippen LogP contribution >= 0.6 is 11.3 Å². The lowest BCUT2D eigenvalue weighted by atomic mass is 9.98. The van der Waals surface area contributed by atoms with Crippen LogP contribution in [0.1, 0.15) is 26.6 Å². The minimum Gasteiger partial charge on any atom is -0.503 e. The van der Waals surface area contributed by atoms with E-state index in [4.69, 9.17) is 9.47 Å². The Hall–Kier alpha value is -2.55. The third kappa shape index (κ3) is 5.72. The molecule has 1 aromatic carbocycles. The summed E-state index contributed by atoms with van der Waals surface area (Å²) in [6.07, 6.45) is -4.33. The number of thiazole rings is 1. The summed E-state index contributed by atoms with van der Waals surface area (Å²) < 4.78 is 48.0. The molecule has 0 amide bonds. The molecule has 1 heterocycles. The summed E-state index contributed by atoms with van der Waals surface area (Å²) in [5, 5.41) is 9.33. The van der Waals surface area contributed by atoms with Crippen molar-refractivity contribution in [2.45, 2.75) is 33.1 Å². The van der Waals surface area contributed by atoms with Crippen molar-refractivity contribution in [3.05, 3.63) is 51.0 Å². The van der Waals surface area contributed by atoms with Crippen LogP contribution in [0.2, 0.25) is 0 Å². The molecule has 1 N–H and O–H groups in total. The van der Waals surface area contributed by atoms with Crippen LogP contribution < -0.4 is 4.74 Å². The molecule has 0 unspecified atom stereocenters. The fraction of sp³-hybridized carbons (Fsp3) is 0.333. The SMILES string of the molecule is COC=C(C(=O)O)c1cc(C)ccc1COc1nc(CC(F)(F)F)sc1C. The number of halogens is 3. The second kappa shape index (κ2) is 8.43. The van der Waals surface area contributed by atoms with E-state index in [1.807, 2.05) is 6.92 Å². The molecule has 0 fully saturated rings. The van der Waals surface area contributed by atoms with Gasteiger partial charge in [-0.2, -0.15) is 13.2 Å². The number of nitrogens with zero attached hydrogens (tertiary/aromatic N) is 1. The zero-order valence-corrected chi connectivity index (χ0v) is 15.7. The largest absolute Gasteiger partial charge is 0.503 e. The van der Waals surface area contributed by atoms with Gasteiger partial charge in [-0.3, -0.25) is 0 Å². The summed E-state index contributed by atoms with van der Waals surface area (Å²) in [5.74, 6) is -1.06. The number of hydrogen-bond acceptors (Lipinski definition) is 5. The van der Waals surface area contributed by atoms with Crippen molar-refractivity contribution < 1.29 is 32.5 Å². The number of methoxy groups -OCH3 is 1. The van der Waals surface area contributed by atoms with E-state index >= 15 is 0 Å². The molecular formula is C18H18F3NO4S. The molecule has 0 aliphatic carbocycles. The van der Waals surface area contributed by atoms with Crippen molar-refractivity contribution in [2.24, 2.45) is 0 Å². The van der Waals surface area contributed by atoms with Gasteiger partial charge in [-0.15, -0.1) is 11.3 Å². The molecule has 0 radical (unpaired) electrons. The van der Waals surface area contributed by atoms with Gasteiger partial charge >= 0.3 is 12.1 Å². The minimum atomic E-state index is -4.34. The number of alkyl halides is 3. The second-order valence-electron chi connectivity index (χ2n) is 5.78. The molecule has 146 valence electrons. The number of rotatable bonds is 7. The smallest absolute Gasteiger partial charge is 0.395 e. The first-order valence-electron chi connectivity index (χ1n) is 7.82. The van der Waals surface area contributed by atoms with E-state index in [1.54, 1.807) is 25.1 Å². The van der Waals surface area contributed by atoms with Crippen molar-refractivity contribution in [3.8, 4) is 5.88 Å². The van der Waals surface area contributed by atoms with Gasteiger partial charge in [-0.05, 0) is 25.0 Å². The van der Waals surface area contributed by atoms with Crippen LogP contribution in [-0.2, 0) is 22.6 Å². The maximum Gasteiger partial charge on any atom is 0.395 e. The van der Waals surface area contributed by atoms with Gasteiger partial charge in [0.15, 0.2) is 0 Å². The van der Waals surface area contributed by atoms with Crippen LogP contribution in [0.5, 0.6) is 5.88 Å². The number of hydrogen-bond donors (Lipinski definition) is 1.